The molecule has 174 valence electrons. The van der Waals surface area contributed by atoms with Crippen molar-refractivity contribution in [3.63, 3.8) is 0 Å². The quantitative estimate of drug-likeness (QED) is 0.204. The molecule has 7 N–H and O–H groups in total. The Balaban J connectivity index is 4.29. The van der Waals surface area contributed by atoms with E-state index < -0.39 is 36.0 Å². The van der Waals surface area contributed by atoms with Crippen LogP contribution in [-0.4, -0.2) is 52.0 Å². The molecule has 0 aromatic carbocycles. The van der Waals surface area contributed by atoms with E-state index in [1.807, 2.05) is 0 Å². The van der Waals surface area contributed by atoms with E-state index in [1.54, 1.807) is 6.92 Å². The number of aliphatic carboxylic acids is 1. The summed E-state index contributed by atoms with van der Waals surface area (Å²) in [7, 11) is 0. The molecule has 0 aliphatic heterocycles. The molecule has 0 spiro atoms. The summed E-state index contributed by atoms with van der Waals surface area (Å²) >= 11 is 0. The molecule has 2 unspecified atom stereocenters. The van der Waals surface area contributed by atoms with Crippen LogP contribution in [0.3, 0.4) is 0 Å². The van der Waals surface area contributed by atoms with Crippen LogP contribution in [0.1, 0.15) is 84.5 Å². The van der Waals surface area contributed by atoms with E-state index in [4.69, 9.17) is 16.6 Å². The molecule has 0 aromatic rings. The number of hydrogen-bond donors (Lipinski definition) is 5. The van der Waals surface area contributed by atoms with Gasteiger partial charge in [-0.1, -0.05) is 46.0 Å². The maximum Gasteiger partial charge on any atom is 0.303 e. The zero-order valence-corrected chi connectivity index (χ0v) is 18.3. The second kappa shape index (κ2) is 15.8. The van der Waals surface area contributed by atoms with E-state index in [-0.39, 0.29) is 43.8 Å². The normalized spacial score (nSPS) is 15.1. The van der Waals surface area contributed by atoms with Gasteiger partial charge < -0.3 is 27.0 Å². The Hall–Kier alpha value is -2.00. The monoisotopic (exact) mass is 429 g/mol. The molecule has 4 atom stereocenters. The Morgan fingerprint density at radius 3 is 2.20 bits per heavy atom. The van der Waals surface area contributed by atoms with Gasteiger partial charge in [-0.15, -0.1) is 0 Å². The van der Waals surface area contributed by atoms with E-state index in [0.717, 1.165) is 25.7 Å². The van der Waals surface area contributed by atoms with E-state index in [2.05, 4.69) is 12.2 Å². The molecule has 0 rings (SSSR count). The molecule has 0 aliphatic carbocycles. The Bertz CT molecular complexity index is 555. The summed E-state index contributed by atoms with van der Waals surface area (Å²) in [6.45, 7) is 3.93. The molecule has 0 fully saturated rings. The van der Waals surface area contributed by atoms with Gasteiger partial charge in [0.25, 0.3) is 0 Å². The van der Waals surface area contributed by atoms with Crippen molar-refractivity contribution in [2.75, 3.05) is 0 Å². The Kier molecular flexibility index (Phi) is 14.7. The summed E-state index contributed by atoms with van der Waals surface area (Å²) in [5, 5.41) is 21.1. The predicted octanol–water partition coefficient (Wildman–Crippen LogP) is 1.25. The SMILES string of the molecule is CCCCCCCC(O)CC(=O)CC(C)C[C@H](N)C(=O)N[C@H](CCC(=O)O)C(N)=O. The van der Waals surface area contributed by atoms with Gasteiger partial charge in [-0.2, -0.15) is 0 Å². The molecule has 0 aromatic heterocycles. The molecule has 2 amide bonds. The van der Waals surface area contributed by atoms with Crippen molar-refractivity contribution in [1.82, 2.24) is 5.32 Å². The fraction of sp³-hybridized carbons (Fsp3) is 0.810. The first kappa shape index (κ1) is 28.0. The molecular weight excluding hydrogens is 390 g/mol. The number of rotatable bonds is 18. The van der Waals surface area contributed by atoms with E-state index in [0.29, 0.717) is 6.42 Å². The largest absolute Gasteiger partial charge is 0.481 e. The lowest BCUT2D eigenvalue weighted by Gasteiger charge is -2.20. The van der Waals surface area contributed by atoms with E-state index in [1.165, 1.54) is 6.42 Å². The molecule has 0 saturated heterocycles. The van der Waals surface area contributed by atoms with Crippen molar-refractivity contribution in [3.05, 3.63) is 0 Å². The van der Waals surface area contributed by atoms with Crippen molar-refractivity contribution in [1.29, 1.82) is 0 Å². The minimum atomic E-state index is -1.11. The van der Waals surface area contributed by atoms with Gasteiger partial charge in [0, 0.05) is 19.3 Å². The first-order chi connectivity index (χ1) is 14.1. The lowest BCUT2D eigenvalue weighted by molar-refractivity contribution is -0.137. The van der Waals surface area contributed by atoms with Gasteiger partial charge >= 0.3 is 5.97 Å². The van der Waals surface area contributed by atoms with Gasteiger partial charge in [0.15, 0.2) is 0 Å². The zero-order valence-electron chi connectivity index (χ0n) is 18.3. The summed E-state index contributed by atoms with van der Waals surface area (Å²) < 4.78 is 0. The van der Waals surface area contributed by atoms with Gasteiger partial charge in [0.1, 0.15) is 11.8 Å². The summed E-state index contributed by atoms with van der Waals surface area (Å²) in [5.74, 6) is -2.80. The molecular formula is C21H39N3O6. The third kappa shape index (κ3) is 14.1. The predicted molar refractivity (Wildman–Crippen MR) is 113 cm³/mol. The van der Waals surface area contributed by atoms with Gasteiger partial charge in [-0.05, 0) is 25.2 Å². The van der Waals surface area contributed by atoms with Gasteiger partial charge in [0.2, 0.25) is 11.8 Å². The number of carbonyl (C=O) groups is 4. The number of carboxylic acid groups (broad SMARTS) is 1. The molecule has 0 saturated carbocycles. The standard InChI is InChI=1S/C21H39N3O6/c1-3-4-5-6-7-8-15(25)13-16(26)11-14(2)12-17(22)21(30)24-18(20(23)29)9-10-19(27)28/h14-15,17-18,25H,3-13,22H2,1-2H3,(H2,23,29)(H,24,30)(H,27,28)/t14?,15?,17-,18+/m0/s1. The zero-order chi connectivity index (χ0) is 23.1. The lowest BCUT2D eigenvalue weighted by atomic mass is 9.93. The number of amides is 2. The summed E-state index contributed by atoms with van der Waals surface area (Å²) in [6, 6.07) is -2.06. The van der Waals surface area contributed by atoms with Crippen LogP contribution in [0, 0.1) is 5.92 Å². The highest BCUT2D eigenvalue weighted by Crippen LogP contribution is 2.15. The average molecular weight is 430 g/mol. The summed E-state index contributed by atoms with van der Waals surface area (Å²) in [6.07, 6.45) is 5.48. The van der Waals surface area contributed by atoms with Crippen LogP contribution in [0.25, 0.3) is 0 Å². The van der Waals surface area contributed by atoms with Crippen molar-refractivity contribution in [2.45, 2.75) is 103 Å². The molecule has 9 nitrogen and oxygen atoms in total. The first-order valence-corrected chi connectivity index (χ1v) is 10.8. The third-order valence-electron chi connectivity index (χ3n) is 4.98. The number of nitrogens with two attached hydrogens (primary N) is 2. The number of aliphatic hydroxyl groups is 1. The Morgan fingerprint density at radius 2 is 1.63 bits per heavy atom. The number of carboxylic acids is 1. The molecule has 0 aliphatic rings. The van der Waals surface area contributed by atoms with Crippen molar-refractivity contribution in [3.8, 4) is 0 Å². The molecule has 0 bridgehead atoms. The number of primary amides is 1. The van der Waals surface area contributed by atoms with Crippen LogP contribution in [-0.2, 0) is 19.2 Å². The van der Waals surface area contributed by atoms with Crippen LogP contribution in [0.2, 0.25) is 0 Å². The highest BCUT2D eigenvalue weighted by molar-refractivity contribution is 5.89. The minimum absolute atomic E-state index is 0.0763. The van der Waals surface area contributed by atoms with Crippen LogP contribution in [0.4, 0.5) is 0 Å². The van der Waals surface area contributed by atoms with Crippen LogP contribution < -0.4 is 16.8 Å². The second-order valence-electron chi connectivity index (χ2n) is 8.15. The number of carbonyl (C=O) groups excluding carboxylic acids is 3. The topological polar surface area (TPSA) is 173 Å². The molecule has 30 heavy (non-hydrogen) atoms. The van der Waals surface area contributed by atoms with E-state index >= 15 is 0 Å². The van der Waals surface area contributed by atoms with Crippen LogP contribution >= 0.6 is 0 Å². The van der Waals surface area contributed by atoms with Crippen molar-refractivity contribution in [2.24, 2.45) is 17.4 Å². The number of Topliss-reactive ketones (excluding diaryl/α,β-unsaturated/α-hetero) is 1. The third-order valence-corrected chi connectivity index (χ3v) is 4.98. The van der Waals surface area contributed by atoms with Crippen LogP contribution in [0.15, 0.2) is 0 Å². The first-order valence-electron chi connectivity index (χ1n) is 10.8. The van der Waals surface area contributed by atoms with Crippen LogP contribution in [0.5, 0.6) is 0 Å². The highest BCUT2D eigenvalue weighted by atomic mass is 16.4. The van der Waals surface area contributed by atoms with Crippen molar-refractivity contribution < 1.29 is 29.4 Å². The van der Waals surface area contributed by atoms with Gasteiger partial charge in [-0.25, -0.2) is 0 Å². The summed E-state index contributed by atoms with van der Waals surface area (Å²) in [5.41, 5.74) is 11.1. The van der Waals surface area contributed by atoms with Crippen molar-refractivity contribution >= 4 is 23.6 Å². The second-order valence-corrected chi connectivity index (χ2v) is 8.15. The summed E-state index contributed by atoms with van der Waals surface area (Å²) in [4.78, 5) is 46.3. The molecule has 0 radical (unpaired) electrons. The van der Waals surface area contributed by atoms with E-state index in [9.17, 15) is 24.3 Å². The number of aliphatic hydroxyl groups excluding tert-OH is 1. The van der Waals surface area contributed by atoms with Gasteiger partial charge in [-0.3, -0.25) is 19.2 Å². The lowest BCUT2D eigenvalue weighted by Crippen LogP contribution is -2.50. The number of hydrogen-bond acceptors (Lipinski definition) is 6. The number of ketones is 1. The minimum Gasteiger partial charge on any atom is -0.481 e. The fourth-order valence-electron chi connectivity index (χ4n) is 3.28. The molecule has 9 heteroatoms. The van der Waals surface area contributed by atoms with Gasteiger partial charge in [0.05, 0.1) is 12.1 Å². The number of nitrogens with one attached hydrogen (secondary N) is 1. The Morgan fingerprint density at radius 1 is 1.00 bits per heavy atom. The average Bonchev–Trinajstić information content (AvgIpc) is 2.63. The molecule has 0 heterocycles. The maximum atomic E-state index is 12.2. The highest BCUT2D eigenvalue weighted by Gasteiger charge is 2.24. The number of unbranched alkanes of at least 4 members (excludes halogenated alkanes) is 4. The smallest absolute Gasteiger partial charge is 0.303 e. The maximum absolute atomic E-state index is 12.2. The Labute approximate surface area is 179 Å². The fourth-order valence-corrected chi connectivity index (χ4v) is 3.28.